The summed E-state index contributed by atoms with van der Waals surface area (Å²) >= 11 is 0. The summed E-state index contributed by atoms with van der Waals surface area (Å²) in [5.41, 5.74) is 3.02. The molecule has 7 nitrogen and oxygen atoms in total. The number of alkyl halides is 2. The SMILES string of the molecule is Cc1ccc(C)c(Cc2nc(CN3CCC(F)(F)C3)nn2-c2ccc(S(N)(=O)=O)cc2F)c1. The van der Waals surface area contributed by atoms with Crippen molar-refractivity contribution in [1.82, 2.24) is 19.7 Å². The number of halogens is 3. The van der Waals surface area contributed by atoms with Gasteiger partial charge in [0, 0.05) is 19.4 Å². The van der Waals surface area contributed by atoms with E-state index < -0.39 is 21.8 Å². The normalized spacial score (nSPS) is 16.4. The third-order valence-electron chi connectivity index (χ3n) is 5.66. The van der Waals surface area contributed by atoms with E-state index in [2.05, 4.69) is 10.1 Å². The van der Waals surface area contributed by atoms with Gasteiger partial charge in [-0.25, -0.2) is 36.4 Å². The number of aryl methyl sites for hydroxylation is 2. The van der Waals surface area contributed by atoms with Crippen LogP contribution in [0.3, 0.4) is 0 Å². The van der Waals surface area contributed by atoms with Gasteiger partial charge in [-0.3, -0.25) is 4.90 Å². The fourth-order valence-corrected chi connectivity index (χ4v) is 4.43. The van der Waals surface area contributed by atoms with Crippen molar-refractivity contribution in [2.24, 2.45) is 5.14 Å². The van der Waals surface area contributed by atoms with Gasteiger partial charge in [0.1, 0.15) is 17.3 Å². The number of aromatic nitrogens is 3. The van der Waals surface area contributed by atoms with Crippen molar-refractivity contribution in [1.29, 1.82) is 0 Å². The monoisotopic (exact) mass is 479 g/mol. The van der Waals surface area contributed by atoms with Gasteiger partial charge in [-0.05, 0) is 43.2 Å². The van der Waals surface area contributed by atoms with Crippen LogP contribution < -0.4 is 5.14 Å². The van der Waals surface area contributed by atoms with E-state index >= 15 is 0 Å². The zero-order valence-electron chi connectivity index (χ0n) is 18.2. The van der Waals surface area contributed by atoms with Crippen molar-refractivity contribution in [2.75, 3.05) is 13.1 Å². The first-order chi connectivity index (χ1) is 15.4. The summed E-state index contributed by atoms with van der Waals surface area (Å²) < 4.78 is 66.6. The number of primary sulfonamides is 1. The second-order valence-corrected chi connectivity index (χ2v) is 10.00. The van der Waals surface area contributed by atoms with Gasteiger partial charge in [0.05, 0.1) is 18.0 Å². The van der Waals surface area contributed by atoms with Crippen molar-refractivity contribution >= 4 is 10.0 Å². The van der Waals surface area contributed by atoms with Crippen molar-refractivity contribution in [3.05, 3.63) is 70.6 Å². The van der Waals surface area contributed by atoms with Crippen molar-refractivity contribution < 1.29 is 21.6 Å². The Labute approximate surface area is 190 Å². The van der Waals surface area contributed by atoms with E-state index in [0.29, 0.717) is 12.2 Å². The summed E-state index contributed by atoms with van der Waals surface area (Å²) in [4.78, 5) is 5.73. The molecule has 0 amide bonds. The van der Waals surface area contributed by atoms with Crippen molar-refractivity contribution in [3.8, 4) is 5.69 Å². The molecule has 1 aliphatic heterocycles. The van der Waals surface area contributed by atoms with Crippen LogP contribution in [0, 0.1) is 19.7 Å². The minimum absolute atomic E-state index is 0.00629. The second kappa shape index (κ2) is 8.54. The van der Waals surface area contributed by atoms with Crippen LogP contribution in [0.4, 0.5) is 13.2 Å². The van der Waals surface area contributed by atoms with Crippen LogP contribution in [0.25, 0.3) is 5.69 Å². The minimum atomic E-state index is -4.08. The molecule has 11 heteroatoms. The molecule has 3 aromatic rings. The first-order valence-corrected chi connectivity index (χ1v) is 11.9. The number of nitrogens with zero attached hydrogens (tertiary/aromatic N) is 4. The zero-order chi connectivity index (χ0) is 24.0. The maximum Gasteiger partial charge on any atom is 0.261 e. The van der Waals surface area contributed by atoms with Crippen molar-refractivity contribution in [3.63, 3.8) is 0 Å². The highest BCUT2D eigenvalue weighted by Crippen LogP contribution is 2.28. The Morgan fingerprint density at radius 1 is 1.15 bits per heavy atom. The number of likely N-dealkylation sites (tertiary alicyclic amines) is 1. The highest BCUT2D eigenvalue weighted by Gasteiger charge is 2.38. The lowest BCUT2D eigenvalue weighted by Crippen LogP contribution is -2.25. The summed E-state index contributed by atoms with van der Waals surface area (Å²) in [7, 11) is -4.08. The molecule has 2 aromatic carbocycles. The third kappa shape index (κ3) is 5.26. The Bertz CT molecular complexity index is 1310. The molecule has 0 atom stereocenters. The Morgan fingerprint density at radius 2 is 1.91 bits per heavy atom. The molecule has 176 valence electrons. The van der Waals surface area contributed by atoms with E-state index in [1.54, 1.807) is 4.90 Å². The topological polar surface area (TPSA) is 94.1 Å². The summed E-state index contributed by atoms with van der Waals surface area (Å²) in [6.45, 7) is 3.83. The number of benzene rings is 2. The number of rotatable bonds is 6. The lowest BCUT2D eigenvalue weighted by Gasteiger charge is -2.12. The summed E-state index contributed by atoms with van der Waals surface area (Å²) in [6, 6.07) is 9.24. The minimum Gasteiger partial charge on any atom is -0.290 e. The molecule has 0 radical (unpaired) electrons. The summed E-state index contributed by atoms with van der Waals surface area (Å²) in [6.07, 6.45) is 0.0970. The van der Waals surface area contributed by atoms with Gasteiger partial charge in [0.2, 0.25) is 10.0 Å². The average Bonchev–Trinajstić information content (AvgIpc) is 3.26. The molecule has 0 bridgehead atoms. The number of hydrogen-bond acceptors (Lipinski definition) is 5. The Balaban J connectivity index is 1.74. The van der Waals surface area contributed by atoms with Crippen LogP contribution in [0.15, 0.2) is 41.3 Å². The highest BCUT2D eigenvalue weighted by molar-refractivity contribution is 7.89. The van der Waals surface area contributed by atoms with Crippen LogP contribution in [0.5, 0.6) is 0 Å². The van der Waals surface area contributed by atoms with Gasteiger partial charge in [-0.15, -0.1) is 5.10 Å². The molecular weight excluding hydrogens is 455 g/mol. The number of hydrogen-bond donors (Lipinski definition) is 1. The van der Waals surface area contributed by atoms with E-state index in [-0.39, 0.29) is 42.5 Å². The molecule has 1 aliphatic rings. The zero-order valence-corrected chi connectivity index (χ0v) is 19.0. The Kier molecular flexibility index (Phi) is 6.06. The Hall–Kier alpha value is -2.76. The molecule has 0 spiro atoms. The lowest BCUT2D eigenvalue weighted by atomic mass is 10.0. The van der Waals surface area contributed by atoms with Gasteiger partial charge in [-0.1, -0.05) is 23.8 Å². The molecule has 0 aliphatic carbocycles. The van der Waals surface area contributed by atoms with E-state index in [4.69, 9.17) is 5.14 Å². The van der Waals surface area contributed by atoms with Gasteiger partial charge in [0.15, 0.2) is 5.82 Å². The largest absolute Gasteiger partial charge is 0.290 e. The van der Waals surface area contributed by atoms with Crippen molar-refractivity contribution in [2.45, 2.75) is 44.1 Å². The predicted octanol–water partition coefficient (Wildman–Crippen LogP) is 3.10. The quantitative estimate of drug-likeness (QED) is 0.586. The molecule has 33 heavy (non-hydrogen) atoms. The molecule has 1 saturated heterocycles. The van der Waals surface area contributed by atoms with E-state index in [0.717, 1.165) is 22.8 Å². The van der Waals surface area contributed by atoms with Crippen LogP contribution >= 0.6 is 0 Å². The van der Waals surface area contributed by atoms with Gasteiger partial charge < -0.3 is 0 Å². The van der Waals surface area contributed by atoms with Crippen LogP contribution in [-0.4, -0.2) is 47.1 Å². The van der Waals surface area contributed by atoms with Gasteiger partial charge >= 0.3 is 0 Å². The molecular formula is C22H24F3N5O2S. The van der Waals surface area contributed by atoms with Crippen LogP contribution in [0.1, 0.15) is 34.8 Å². The molecule has 4 rings (SSSR count). The Morgan fingerprint density at radius 3 is 2.55 bits per heavy atom. The smallest absolute Gasteiger partial charge is 0.261 e. The standard InChI is InChI=1S/C22H24F3N5O2S/c1-14-3-4-15(2)16(9-14)10-21-27-20(12-29-8-7-22(24,25)13-29)28-30(21)19-6-5-17(11-18(19)23)33(26,31)32/h3-6,9,11H,7-8,10,12-13H2,1-2H3,(H2,26,31,32). The third-order valence-corrected chi connectivity index (χ3v) is 6.57. The molecule has 0 saturated carbocycles. The van der Waals surface area contributed by atoms with E-state index in [1.807, 2.05) is 32.0 Å². The summed E-state index contributed by atoms with van der Waals surface area (Å²) in [5.74, 6) is -2.90. The highest BCUT2D eigenvalue weighted by atomic mass is 32.2. The fraction of sp³-hybridized carbons (Fsp3) is 0.364. The maximum absolute atomic E-state index is 14.9. The van der Waals surface area contributed by atoms with E-state index in [1.165, 1.54) is 16.8 Å². The molecule has 1 fully saturated rings. The second-order valence-electron chi connectivity index (χ2n) is 8.44. The fourth-order valence-electron chi connectivity index (χ4n) is 3.91. The molecule has 2 N–H and O–H groups in total. The number of sulfonamides is 1. The maximum atomic E-state index is 14.9. The molecule has 2 heterocycles. The first kappa shape index (κ1) is 23.4. The van der Waals surface area contributed by atoms with Crippen LogP contribution in [-0.2, 0) is 23.0 Å². The lowest BCUT2D eigenvalue weighted by molar-refractivity contribution is 0.0113. The van der Waals surface area contributed by atoms with Crippen LogP contribution in [0.2, 0.25) is 0 Å². The predicted molar refractivity (Wildman–Crippen MR) is 116 cm³/mol. The number of nitrogens with two attached hydrogens (primary N) is 1. The average molecular weight is 480 g/mol. The van der Waals surface area contributed by atoms with Gasteiger partial charge in [0.25, 0.3) is 5.92 Å². The molecule has 1 aromatic heterocycles. The molecule has 0 unspecified atom stereocenters. The first-order valence-electron chi connectivity index (χ1n) is 10.4. The van der Waals surface area contributed by atoms with E-state index in [9.17, 15) is 21.6 Å². The van der Waals surface area contributed by atoms with Gasteiger partial charge in [-0.2, -0.15) is 0 Å². The summed E-state index contributed by atoms with van der Waals surface area (Å²) in [5, 5.41) is 9.49.